The second kappa shape index (κ2) is 13.2. The van der Waals surface area contributed by atoms with Crippen LogP contribution in [0.3, 0.4) is 0 Å². The minimum absolute atomic E-state index is 0.00414. The van der Waals surface area contributed by atoms with Crippen molar-refractivity contribution in [2.45, 2.75) is 39.3 Å². The minimum atomic E-state index is 0.00414. The molecule has 1 aliphatic rings. The number of benzene rings is 1. The van der Waals surface area contributed by atoms with Gasteiger partial charge in [-0.15, -0.1) is 0 Å². The maximum atomic E-state index is 12.1. The molecule has 1 unspecified atom stereocenters. The number of likely N-dealkylation sites (N-methyl/N-ethyl adjacent to an activating group) is 2. The molecule has 1 atom stereocenters. The molecule has 1 aromatic rings. The lowest BCUT2D eigenvalue weighted by atomic mass is 10.1. The lowest BCUT2D eigenvalue weighted by molar-refractivity contribution is -0.127. The molecule has 1 fully saturated rings. The normalized spacial score (nSPS) is 16.9. The molecule has 2 N–H and O–H groups in total. The number of ether oxygens (including phenoxy) is 2. The third-order valence-corrected chi connectivity index (χ3v) is 5.49. The molecule has 31 heavy (non-hydrogen) atoms. The zero-order valence-electron chi connectivity index (χ0n) is 19.7. The van der Waals surface area contributed by atoms with E-state index in [1.165, 1.54) is 12.8 Å². The van der Waals surface area contributed by atoms with Gasteiger partial charge in [-0.2, -0.15) is 0 Å². The second-order valence-corrected chi connectivity index (χ2v) is 8.06. The van der Waals surface area contributed by atoms with Crippen molar-refractivity contribution in [3.05, 3.63) is 29.3 Å². The lowest BCUT2D eigenvalue weighted by Crippen LogP contribution is -2.47. The molecule has 1 aliphatic heterocycles. The summed E-state index contributed by atoms with van der Waals surface area (Å²) in [4.78, 5) is 20.9. The third kappa shape index (κ3) is 8.38. The van der Waals surface area contributed by atoms with Crippen LogP contribution in [-0.2, 0) is 16.1 Å². The van der Waals surface area contributed by atoms with E-state index in [9.17, 15) is 4.79 Å². The molecule has 8 nitrogen and oxygen atoms in total. The highest BCUT2D eigenvalue weighted by Gasteiger charge is 2.23. The van der Waals surface area contributed by atoms with Gasteiger partial charge in [0.1, 0.15) is 12.4 Å². The van der Waals surface area contributed by atoms with Crippen LogP contribution in [0.15, 0.2) is 23.2 Å². The van der Waals surface area contributed by atoms with Crippen molar-refractivity contribution in [2.75, 3.05) is 60.6 Å². The molecule has 0 radical (unpaired) electrons. The summed E-state index contributed by atoms with van der Waals surface area (Å²) < 4.78 is 11.0. The van der Waals surface area contributed by atoms with E-state index in [0.29, 0.717) is 31.8 Å². The number of likely N-dealkylation sites (tertiary alicyclic amines) is 1. The number of carbonyl (C=O) groups is 1. The van der Waals surface area contributed by atoms with Crippen LogP contribution in [0.25, 0.3) is 0 Å². The molecule has 8 heteroatoms. The van der Waals surface area contributed by atoms with E-state index < -0.39 is 0 Å². The quantitative estimate of drug-likeness (QED) is 0.314. The number of aryl methyl sites for hydroxylation is 1. The van der Waals surface area contributed by atoms with Crippen LogP contribution >= 0.6 is 0 Å². The maximum absolute atomic E-state index is 12.1. The Labute approximate surface area is 187 Å². The number of aliphatic imine (C=N–C) groups is 1. The number of hydrogen-bond donors (Lipinski definition) is 2. The zero-order valence-corrected chi connectivity index (χ0v) is 19.7. The number of nitrogens with zero attached hydrogens (tertiary/aromatic N) is 3. The maximum Gasteiger partial charge on any atom is 0.241 e. The van der Waals surface area contributed by atoms with Gasteiger partial charge in [-0.05, 0) is 44.5 Å². The van der Waals surface area contributed by atoms with Crippen LogP contribution < -0.4 is 15.4 Å². The number of guanidine groups is 1. The Morgan fingerprint density at radius 3 is 2.81 bits per heavy atom. The molecule has 1 amide bonds. The van der Waals surface area contributed by atoms with Gasteiger partial charge in [-0.25, -0.2) is 4.99 Å². The molecular weight excluding hydrogens is 394 g/mol. The monoisotopic (exact) mass is 433 g/mol. The highest BCUT2D eigenvalue weighted by molar-refractivity contribution is 5.86. The van der Waals surface area contributed by atoms with Gasteiger partial charge < -0.3 is 25.0 Å². The number of amides is 1. The summed E-state index contributed by atoms with van der Waals surface area (Å²) in [5.41, 5.74) is 2.13. The van der Waals surface area contributed by atoms with Crippen LogP contribution in [0.4, 0.5) is 0 Å². The van der Waals surface area contributed by atoms with Crippen molar-refractivity contribution in [1.82, 2.24) is 20.4 Å². The van der Waals surface area contributed by atoms with Crippen LogP contribution in [-0.4, -0.2) is 88.3 Å². The standard InChI is InChI=1S/C23H39N5O3/c1-6-28-11-7-8-20(28)16-25-23(26-17-22(29)27(3)4)24-15-19-10-9-18(2)14-21(19)31-13-12-30-5/h9-10,14,20H,6-8,11-13,15-17H2,1-5H3,(H2,24,25,26). The van der Waals surface area contributed by atoms with Crippen molar-refractivity contribution in [2.24, 2.45) is 4.99 Å². The molecule has 0 aliphatic carbocycles. The minimum Gasteiger partial charge on any atom is -0.491 e. The average molecular weight is 434 g/mol. The van der Waals surface area contributed by atoms with Gasteiger partial charge in [0.05, 0.1) is 19.7 Å². The summed E-state index contributed by atoms with van der Waals surface area (Å²) in [6, 6.07) is 6.61. The average Bonchev–Trinajstić information content (AvgIpc) is 3.21. The molecule has 1 aromatic carbocycles. The molecule has 174 valence electrons. The van der Waals surface area contributed by atoms with E-state index in [1.807, 2.05) is 19.1 Å². The Morgan fingerprint density at radius 1 is 1.29 bits per heavy atom. The summed E-state index contributed by atoms with van der Waals surface area (Å²) in [6.45, 7) is 8.93. The molecule has 0 spiro atoms. The van der Waals surface area contributed by atoms with Crippen LogP contribution in [0.1, 0.15) is 30.9 Å². The predicted molar refractivity (Wildman–Crippen MR) is 125 cm³/mol. The van der Waals surface area contributed by atoms with E-state index in [2.05, 4.69) is 28.5 Å². The van der Waals surface area contributed by atoms with Gasteiger partial charge in [0.2, 0.25) is 5.91 Å². The van der Waals surface area contributed by atoms with Crippen molar-refractivity contribution < 1.29 is 14.3 Å². The molecule has 1 heterocycles. The first kappa shape index (κ1) is 24.9. The van der Waals surface area contributed by atoms with Crippen LogP contribution in [0, 0.1) is 6.92 Å². The van der Waals surface area contributed by atoms with Gasteiger partial charge in [-0.3, -0.25) is 9.69 Å². The number of rotatable bonds is 11. The smallest absolute Gasteiger partial charge is 0.241 e. The van der Waals surface area contributed by atoms with Crippen molar-refractivity contribution in [1.29, 1.82) is 0 Å². The van der Waals surface area contributed by atoms with Crippen molar-refractivity contribution in [3.63, 3.8) is 0 Å². The van der Waals surface area contributed by atoms with Gasteiger partial charge >= 0.3 is 0 Å². The first-order valence-electron chi connectivity index (χ1n) is 11.1. The highest BCUT2D eigenvalue weighted by Crippen LogP contribution is 2.21. The van der Waals surface area contributed by atoms with E-state index in [4.69, 9.17) is 14.5 Å². The van der Waals surface area contributed by atoms with Crippen LogP contribution in [0.5, 0.6) is 5.75 Å². The molecular formula is C23H39N5O3. The molecule has 2 rings (SSSR count). The Kier molecular flexibility index (Phi) is 10.6. The third-order valence-electron chi connectivity index (χ3n) is 5.49. The van der Waals surface area contributed by atoms with E-state index in [-0.39, 0.29) is 12.5 Å². The summed E-state index contributed by atoms with van der Waals surface area (Å²) in [6.07, 6.45) is 2.41. The van der Waals surface area contributed by atoms with E-state index in [0.717, 1.165) is 36.5 Å². The van der Waals surface area contributed by atoms with Crippen molar-refractivity contribution in [3.8, 4) is 5.75 Å². The Hall–Kier alpha value is -2.32. The number of carbonyl (C=O) groups excluding carboxylic acids is 1. The SMILES string of the molecule is CCN1CCCC1CNC(=NCc1ccc(C)cc1OCCOC)NCC(=O)N(C)C. The zero-order chi connectivity index (χ0) is 22.6. The van der Waals surface area contributed by atoms with Crippen LogP contribution in [0.2, 0.25) is 0 Å². The predicted octanol–water partition coefficient (Wildman–Crippen LogP) is 1.63. The highest BCUT2D eigenvalue weighted by atomic mass is 16.5. The largest absolute Gasteiger partial charge is 0.491 e. The summed E-state index contributed by atoms with van der Waals surface area (Å²) >= 11 is 0. The topological polar surface area (TPSA) is 78.4 Å². The number of hydrogen-bond acceptors (Lipinski definition) is 5. The number of methoxy groups -OCH3 is 1. The Morgan fingerprint density at radius 2 is 2.10 bits per heavy atom. The Balaban J connectivity index is 2.08. The van der Waals surface area contributed by atoms with E-state index in [1.54, 1.807) is 26.1 Å². The van der Waals surface area contributed by atoms with Gasteiger partial charge in [-0.1, -0.05) is 19.1 Å². The number of nitrogens with one attached hydrogen (secondary N) is 2. The van der Waals surface area contributed by atoms with E-state index >= 15 is 0 Å². The molecule has 0 saturated carbocycles. The second-order valence-electron chi connectivity index (χ2n) is 8.06. The van der Waals surface area contributed by atoms with Gasteiger partial charge in [0.15, 0.2) is 5.96 Å². The van der Waals surface area contributed by atoms with Gasteiger partial charge in [0, 0.05) is 39.4 Å². The summed E-state index contributed by atoms with van der Waals surface area (Å²) in [5.74, 6) is 1.46. The first-order valence-corrected chi connectivity index (χ1v) is 11.1. The fraction of sp³-hybridized carbons (Fsp3) is 0.652. The molecule has 1 saturated heterocycles. The van der Waals surface area contributed by atoms with Crippen molar-refractivity contribution >= 4 is 11.9 Å². The lowest BCUT2D eigenvalue weighted by Gasteiger charge is -2.24. The fourth-order valence-electron chi connectivity index (χ4n) is 3.57. The molecule has 0 aromatic heterocycles. The summed E-state index contributed by atoms with van der Waals surface area (Å²) in [5, 5.41) is 6.62. The fourth-order valence-corrected chi connectivity index (χ4v) is 3.57. The Bertz CT molecular complexity index is 723. The molecule has 0 bridgehead atoms. The summed E-state index contributed by atoms with van der Waals surface area (Å²) in [7, 11) is 5.16. The van der Waals surface area contributed by atoms with Gasteiger partial charge in [0.25, 0.3) is 0 Å². The first-order chi connectivity index (χ1) is 14.9.